The first-order valence-electron chi connectivity index (χ1n) is 5.99. The van der Waals surface area contributed by atoms with Gasteiger partial charge in [-0.3, -0.25) is 0 Å². The number of rotatable bonds is 5. The molecule has 4 nitrogen and oxygen atoms in total. The van der Waals surface area contributed by atoms with Crippen LogP contribution in [-0.2, 0) is 4.74 Å². The van der Waals surface area contributed by atoms with Gasteiger partial charge in [-0.2, -0.15) is 0 Å². The molecule has 0 aromatic rings. The van der Waals surface area contributed by atoms with Gasteiger partial charge in [0, 0.05) is 25.7 Å². The van der Waals surface area contributed by atoms with Crippen LogP contribution in [-0.4, -0.2) is 54.5 Å². The molecule has 0 amide bonds. The van der Waals surface area contributed by atoms with Crippen LogP contribution in [0.2, 0.25) is 0 Å². The van der Waals surface area contributed by atoms with Gasteiger partial charge in [0.05, 0.1) is 18.8 Å². The minimum absolute atomic E-state index is 0.0914. The highest BCUT2D eigenvalue weighted by Gasteiger charge is 2.38. The van der Waals surface area contributed by atoms with E-state index in [1.165, 1.54) is 12.8 Å². The van der Waals surface area contributed by atoms with E-state index in [1.807, 2.05) is 0 Å². The smallest absolute Gasteiger partial charge is 0.0829 e. The van der Waals surface area contributed by atoms with Gasteiger partial charge in [0.2, 0.25) is 0 Å². The van der Waals surface area contributed by atoms with Gasteiger partial charge in [-0.1, -0.05) is 0 Å². The van der Waals surface area contributed by atoms with Gasteiger partial charge in [-0.15, -0.1) is 0 Å². The first-order valence-corrected chi connectivity index (χ1v) is 5.99. The lowest BCUT2D eigenvalue weighted by molar-refractivity contribution is -0.0872. The summed E-state index contributed by atoms with van der Waals surface area (Å²) in [5.41, 5.74) is 5.63. The van der Waals surface area contributed by atoms with E-state index in [0.717, 1.165) is 32.0 Å². The molecule has 1 aliphatic carbocycles. The number of ether oxygens (including phenoxy) is 1. The maximum atomic E-state index is 8.78. The molecule has 1 saturated heterocycles. The molecule has 0 spiro atoms. The molecule has 3 N–H and O–H groups in total. The Balaban J connectivity index is 1.81. The van der Waals surface area contributed by atoms with E-state index >= 15 is 0 Å². The predicted octanol–water partition coefficient (Wildman–Crippen LogP) is -0.0490. The third-order valence-electron chi connectivity index (χ3n) is 3.64. The standard InChI is InChI=1S/C11H22N2O2/c12-9-11(15-8-7-14)3-5-13(6-4-11)10-1-2-10/h10,14H,1-9,12H2. The van der Waals surface area contributed by atoms with Crippen LogP contribution in [0.25, 0.3) is 0 Å². The Labute approximate surface area is 91.4 Å². The van der Waals surface area contributed by atoms with Gasteiger partial charge in [0.1, 0.15) is 0 Å². The number of nitrogens with two attached hydrogens (primary N) is 1. The summed E-state index contributed by atoms with van der Waals surface area (Å²) in [4.78, 5) is 2.55. The molecule has 0 unspecified atom stereocenters. The van der Waals surface area contributed by atoms with Crippen molar-refractivity contribution in [3.63, 3.8) is 0 Å². The number of aliphatic hydroxyl groups is 1. The second kappa shape index (κ2) is 4.78. The lowest BCUT2D eigenvalue weighted by Crippen LogP contribution is -2.51. The first-order chi connectivity index (χ1) is 7.29. The molecule has 88 valence electrons. The molecule has 0 bridgehead atoms. The Morgan fingerprint density at radius 3 is 2.47 bits per heavy atom. The average molecular weight is 214 g/mol. The normalized spacial score (nSPS) is 26.8. The minimum Gasteiger partial charge on any atom is -0.394 e. The topological polar surface area (TPSA) is 58.7 Å². The van der Waals surface area contributed by atoms with Crippen molar-refractivity contribution in [1.29, 1.82) is 0 Å². The fourth-order valence-corrected chi connectivity index (χ4v) is 2.41. The van der Waals surface area contributed by atoms with Crippen LogP contribution in [0.5, 0.6) is 0 Å². The molecule has 4 heteroatoms. The van der Waals surface area contributed by atoms with Crippen LogP contribution < -0.4 is 5.73 Å². The quantitative estimate of drug-likeness (QED) is 0.674. The van der Waals surface area contributed by atoms with Crippen LogP contribution in [0.3, 0.4) is 0 Å². The summed E-state index contributed by atoms with van der Waals surface area (Å²) in [6, 6.07) is 0.846. The van der Waals surface area contributed by atoms with Crippen molar-refractivity contribution in [2.75, 3.05) is 32.8 Å². The molecular formula is C11H22N2O2. The monoisotopic (exact) mass is 214 g/mol. The second-order valence-electron chi connectivity index (χ2n) is 4.73. The molecule has 2 rings (SSSR count). The Hall–Kier alpha value is -0.160. The third-order valence-corrected chi connectivity index (χ3v) is 3.64. The second-order valence-corrected chi connectivity index (χ2v) is 4.73. The van der Waals surface area contributed by atoms with E-state index in [2.05, 4.69) is 4.90 Å². The van der Waals surface area contributed by atoms with E-state index in [-0.39, 0.29) is 12.2 Å². The highest BCUT2D eigenvalue weighted by Crippen LogP contribution is 2.33. The number of hydrogen-bond acceptors (Lipinski definition) is 4. The van der Waals surface area contributed by atoms with Crippen LogP contribution in [0.1, 0.15) is 25.7 Å². The van der Waals surface area contributed by atoms with E-state index in [9.17, 15) is 0 Å². The molecule has 0 aromatic carbocycles. The summed E-state index contributed by atoms with van der Waals surface area (Å²) in [5, 5.41) is 8.78. The van der Waals surface area contributed by atoms with Crippen LogP contribution in [0.15, 0.2) is 0 Å². The summed E-state index contributed by atoms with van der Waals surface area (Å²) < 4.78 is 5.72. The third kappa shape index (κ3) is 2.69. The van der Waals surface area contributed by atoms with Crippen LogP contribution in [0.4, 0.5) is 0 Å². The van der Waals surface area contributed by atoms with Gasteiger partial charge in [-0.05, 0) is 25.7 Å². The summed E-state index contributed by atoms with van der Waals surface area (Å²) in [7, 11) is 0. The van der Waals surface area contributed by atoms with Crippen molar-refractivity contribution in [2.45, 2.75) is 37.3 Å². The van der Waals surface area contributed by atoms with Gasteiger partial charge in [-0.25, -0.2) is 0 Å². The van der Waals surface area contributed by atoms with E-state index in [1.54, 1.807) is 0 Å². The summed E-state index contributed by atoms with van der Waals surface area (Å²) in [5.74, 6) is 0. The van der Waals surface area contributed by atoms with Gasteiger partial charge >= 0.3 is 0 Å². The van der Waals surface area contributed by atoms with Gasteiger partial charge in [0.15, 0.2) is 0 Å². The molecule has 0 aromatic heterocycles. The van der Waals surface area contributed by atoms with Crippen molar-refractivity contribution in [3.8, 4) is 0 Å². The molecule has 0 atom stereocenters. The molecule has 1 heterocycles. The van der Waals surface area contributed by atoms with Gasteiger partial charge in [0.25, 0.3) is 0 Å². The minimum atomic E-state index is -0.159. The molecule has 1 aliphatic heterocycles. The molecule has 2 aliphatic rings. The fourth-order valence-electron chi connectivity index (χ4n) is 2.41. The number of hydrogen-bond donors (Lipinski definition) is 2. The number of aliphatic hydroxyl groups excluding tert-OH is 1. The van der Waals surface area contributed by atoms with Crippen molar-refractivity contribution < 1.29 is 9.84 Å². The Kier molecular flexibility index (Phi) is 3.61. The highest BCUT2D eigenvalue weighted by molar-refractivity contribution is 4.94. The molecular weight excluding hydrogens is 192 g/mol. The number of piperidine rings is 1. The predicted molar refractivity (Wildman–Crippen MR) is 58.7 cm³/mol. The van der Waals surface area contributed by atoms with Crippen molar-refractivity contribution in [2.24, 2.45) is 5.73 Å². The largest absolute Gasteiger partial charge is 0.394 e. The summed E-state index contributed by atoms with van der Waals surface area (Å²) in [6.07, 6.45) is 4.76. The fraction of sp³-hybridized carbons (Fsp3) is 1.00. The lowest BCUT2D eigenvalue weighted by Gasteiger charge is -2.41. The van der Waals surface area contributed by atoms with Crippen molar-refractivity contribution >= 4 is 0 Å². The number of likely N-dealkylation sites (tertiary alicyclic amines) is 1. The molecule has 2 fully saturated rings. The lowest BCUT2D eigenvalue weighted by atomic mass is 9.91. The Bertz CT molecular complexity index is 199. The molecule has 15 heavy (non-hydrogen) atoms. The average Bonchev–Trinajstić information content (AvgIpc) is 3.11. The maximum absolute atomic E-state index is 8.78. The van der Waals surface area contributed by atoms with Crippen molar-refractivity contribution in [1.82, 2.24) is 4.90 Å². The Morgan fingerprint density at radius 2 is 2.00 bits per heavy atom. The van der Waals surface area contributed by atoms with Gasteiger partial charge < -0.3 is 20.5 Å². The first kappa shape index (κ1) is 11.3. The summed E-state index contributed by atoms with van der Waals surface area (Å²) in [6.45, 7) is 3.29. The van der Waals surface area contributed by atoms with E-state index in [0.29, 0.717) is 13.2 Å². The van der Waals surface area contributed by atoms with E-state index < -0.39 is 0 Å². The SMILES string of the molecule is NCC1(OCCO)CCN(C2CC2)CC1. The highest BCUT2D eigenvalue weighted by atomic mass is 16.5. The zero-order valence-electron chi connectivity index (χ0n) is 9.32. The molecule has 0 radical (unpaired) electrons. The zero-order chi connectivity index (χ0) is 10.7. The number of nitrogens with zero attached hydrogens (tertiary/aromatic N) is 1. The zero-order valence-corrected chi connectivity index (χ0v) is 9.32. The van der Waals surface area contributed by atoms with Crippen LogP contribution in [0, 0.1) is 0 Å². The Morgan fingerprint density at radius 1 is 1.33 bits per heavy atom. The van der Waals surface area contributed by atoms with Crippen molar-refractivity contribution in [3.05, 3.63) is 0 Å². The van der Waals surface area contributed by atoms with E-state index in [4.69, 9.17) is 15.6 Å². The maximum Gasteiger partial charge on any atom is 0.0829 e. The molecule has 1 saturated carbocycles. The summed E-state index contributed by atoms with van der Waals surface area (Å²) >= 11 is 0. The van der Waals surface area contributed by atoms with Crippen LogP contribution >= 0.6 is 0 Å².